The zero-order valence-corrected chi connectivity index (χ0v) is 12.2. The first-order chi connectivity index (χ1) is 8.77. The molecule has 0 saturated carbocycles. The quantitative estimate of drug-likeness (QED) is 0.503. The molecule has 0 aromatic heterocycles. The monoisotopic (exact) mass is 290 g/mol. The van der Waals surface area contributed by atoms with E-state index in [2.05, 4.69) is 6.07 Å². The van der Waals surface area contributed by atoms with E-state index in [-0.39, 0.29) is 0 Å². The lowest BCUT2D eigenvalue weighted by Gasteiger charge is -2.14. The van der Waals surface area contributed by atoms with Gasteiger partial charge in [-0.3, -0.25) is 0 Å². The van der Waals surface area contributed by atoms with Crippen molar-refractivity contribution < 1.29 is 9.47 Å². The first kappa shape index (κ1) is 15.8. The van der Waals surface area contributed by atoms with E-state index in [0.717, 1.165) is 24.5 Å². The summed E-state index contributed by atoms with van der Waals surface area (Å²) in [5.41, 5.74) is 1.20. The summed E-state index contributed by atoms with van der Waals surface area (Å²) in [6.45, 7) is 2.05. The molecule has 4 heteroatoms. The molecule has 0 spiro atoms. The second-order valence-corrected chi connectivity index (χ2v) is 4.90. The molecule has 2 nitrogen and oxygen atoms in total. The maximum Gasteiger partial charge on any atom is 0.0700 e. The summed E-state index contributed by atoms with van der Waals surface area (Å²) in [5.74, 6) is 0.953. The molecule has 0 aliphatic carbocycles. The van der Waals surface area contributed by atoms with E-state index in [9.17, 15) is 0 Å². The minimum Gasteiger partial charge on any atom is -0.382 e. The SMILES string of the molecule is COCCOCCCC(CCl)c1cccc(Cl)c1. The second-order valence-electron chi connectivity index (χ2n) is 4.15. The summed E-state index contributed by atoms with van der Waals surface area (Å²) < 4.78 is 10.3. The second kappa shape index (κ2) is 9.62. The van der Waals surface area contributed by atoms with Crippen LogP contribution in [0.4, 0.5) is 0 Å². The summed E-state index contributed by atoms with van der Waals surface area (Å²) in [6.07, 6.45) is 2.00. The van der Waals surface area contributed by atoms with E-state index >= 15 is 0 Å². The average Bonchev–Trinajstić information content (AvgIpc) is 2.38. The van der Waals surface area contributed by atoms with Gasteiger partial charge in [0.15, 0.2) is 0 Å². The summed E-state index contributed by atoms with van der Waals surface area (Å²) in [6, 6.07) is 7.90. The first-order valence-corrected chi connectivity index (χ1v) is 7.07. The normalized spacial score (nSPS) is 12.6. The fourth-order valence-corrected chi connectivity index (χ4v) is 2.30. The summed E-state index contributed by atoms with van der Waals surface area (Å²) in [5, 5.41) is 0.763. The van der Waals surface area contributed by atoms with Gasteiger partial charge in [0.25, 0.3) is 0 Å². The van der Waals surface area contributed by atoms with Gasteiger partial charge in [0.2, 0.25) is 0 Å². The summed E-state index contributed by atoms with van der Waals surface area (Å²) in [4.78, 5) is 0. The van der Waals surface area contributed by atoms with Crippen molar-refractivity contribution in [2.24, 2.45) is 0 Å². The fourth-order valence-electron chi connectivity index (χ4n) is 1.77. The van der Waals surface area contributed by atoms with Gasteiger partial charge in [0, 0.05) is 24.6 Å². The lowest BCUT2D eigenvalue weighted by molar-refractivity contribution is 0.0683. The molecule has 0 amide bonds. The van der Waals surface area contributed by atoms with E-state index in [0.29, 0.717) is 25.0 Å². The van der Waals surface area contributed by atoms with Crippen molar-refractivity contribution in [2.75, 3.05) is 32.8 Å². The molecule has 1 rings (SSSR count). The van der Waals surface area contributed by atoms with Gasteiger partial charge in [-0.2, -0.15) is 0 Å². The Labute approximate surface area is 119 Å². The number of ether oxygens (including phenoxy) is 2. The molecular formula is C14H20Cl2O2. The van der Waals surface area contributed by atoms with Crippen LogP contribution in [-0.4, -0.2) is 32.8 Å². The van der Waals surface area contributed by atoms with E-state index < -0.39 is 0 Å². The third-order valence-corrected chi connectivity index (χ3v) is 3.39. The molecule has 18 heavy (non-hydrogen) atoms. The Morgan fingerprint density at radius 1 is 1.22 bits per heavy atom. The van der Waals surface area contributed by atoms with E-state index in [1.54, 1.807) is 7.11 Å². The highest BCUT2D eigenvalue weighted by Gasteiger charge is 2.10. The molecule has 0 radical (unpaired) electrons. The number of halogens is 2. The van der Waals surface area contributed by atoms with Crippen molar-refractivity contribution in [1.29, 1.82) is 0 Å². The Bertz CT molecular complexity index is 331. The van der Waals surface area contributed by atoms with Crippen molar-refractivity contribution in [1.82, 2.24) is 0 Å². The topological polar surface area (TPSA) is 18.5 Å². The maximum atomic E-state index is 6.01. The molecule has 0 aliphatic heterocycles. The zero-order chi connectivity index (χ0) is 13.2. The van der Waals surface area contributed by atoms with Crippen LogP contribution in [0.5, 0.6) is 0 Å². The van der Waals surface area contributed by atoms with Gasteiger partial charge in [0.1, 0.15) is 0 Å². The van der Waals surface area contributed by atoms with Gasteiger partial charge in [-0.25, -0.2) is 0 Å². The zero-order valence-electron chi connectivity index (χ0n) is 10.7. The van der Waals surface area contributed by atoms with E-state index in [4.69, 9.17) is 32.7 Å². The highest BCUT2D eigenvalue weighted by molar-refractivity contribution is 6.30. The number of hydrogen-bond acceptors (Lipinski definition) is 2. The molecule has 1 unspecified atom stereocenters. The van der Waals surface area contributed by atoms with Gasteiger partial charge in [0.05, 0.1) is 13.2 Å². The molecule has 0 heterocycles. The molecule has 0 aliphatic rings. The van der Waals surface area contributed by atoms with Crippen molar-refractivity contribution in [3.8, 4) is 0 Å². The van der Waals surface area contributed by atoms with Crippen LogP contribution < -0.4 is 0 Å². The largest absolute Gasteiger partial charge is 0.382 e. The van der Waals surface area contributed by atoms with Crippen molar-refractivity contribution >= 4 is 23.2 Å². The number of alkyl halides is 1. The van der Waals surface area contributed by atoms with Crippen molar-refractivity contribution in [2.45, 2.75) is 18.8 Å². The average molecular weight is 291 g/mol. The first-order valence-electron chi connectivity index (χ1n) is 6.16. The van der Waals surface area contributed by atoms with Crippen LogP contribution in [0.3, 0.4) is 0 Å². The predicted octanol–water partition coefficient (Wildman–Crippen LogP) is 4.11. The molecule has 0 saturated heterocycles. The molecule has 0 bridgehead atoms. The van der Waals surface area contributed by atoms with Gasteiger partial charge in [-0.05, 0) is 36.5 Å². The van der Waals surface area contributed by atoms with Crippen LogP contribution in [0.25, 0.3) is 0 Å². The summed E-state index contributed by atoms with van der Waals surface area (Å²) in [7, 11) is 1.67. The van der Waals surface area contributed by atoms with E-state index in [1.807, 2.05) is 18.2 Å². The molecule has 1 aromatic carbocycles. The number of hydrogen-bond donors (Lipinski definition) is 0. The maximum absolute atomic E-state index is 6.01. The van der Waals surface area contributed by atoms with Gasteiger partial charge in [-0.1, -0.05) is 23.7 Å². The van der Waals surface area contributed by atoms with Gasteiger partial charge < -0.3 is 9.47 Å². The highest BCUT2D eigenvalue weighted by Crippen LogP contribution is 2.25. The fraction of sp³-hybridized carbons (Fsp3) is 0.571. The highest BCUT2D eigenvalue weighted by atomic mass is 35.5. The Morgan fingerprint density at radius 2 is 2.06 bits per heavy atom. The van der Waals surface area contributed by atoms with Crippen LogP contribution in [0.15, 0.2) is 24.3 Å². The number of rotatable bonds is 9. The third kappa shape index (κ3) is 6.05. The molecular weight excluding hydrogens is 271 g/mol. The Morgan fingerprint density at radius 3 is 2.72 bits per heavy atom. The van der Waals surface area contributed by atoms with Gasteiger partial charge in [-0.15, -0.1) is 11.6 Å². The van der Waals surface area contributed by atoms with Crippen LogP contribution in [0.1, 0.15) is 24.3 Å². The van der Waals surface area contributed by atoms with Crippen LogP contribution in [0, 0.1) is 0 Å². The lowest BCUT2D eigenvalue weighted by atomic mass is 9.96. The number of methoxy groups -OCH3 is 1. The molecule has 1 aromatic rings. The van der Waals surface area contributed by atoms with Gasteiger partial charge >= 0.3 is 0 Å². The number of benzene rings is 1. The Kier molecular flexibility index (Phi) is 8.44. The predicted molar refractivity (Wildman–Crippen MR) is 76.8 cm³/mol. The van der Waals surface area contributed by atoms with Crippen LogP contribution in [-0.2, 0) is 9.47 Å². The Balaban J connectivity index is 2.29. The minimum absolute atomic E-state index is 0.344. The van der Waals surface area contributed by atoms with Crippen molar-refractivity contribution in [3.05, 3.63) is 34.9 Å². The lowest BCUT2D eigenvalue weighted by Crippen LogP contribution is -2.06. The smallest absolute Gasteiger partial charge is 0.0700 e. The van der Waals surface area contributed by atoms with E-state index in [1.165, 1.54) is 5.56 Å². The third-order valence-electron chi connectivity index (χ3n) is 2.78. The Hall–Kier alpha value is -0.280. The van der Waals surface area contributed by atoms with Crippen LogP contribution in [0.2, 0.25) is 5.02 Å². The minimum atomic E-state index is 0.344. The summed E-state index contributed by atoms with van der Waals surface area (Å²) >= 11 is 12.0. The molecule has 102 valence electrons. The molecule has 1 atom stereocenters. The van der Waals surface area contributed by atoms with Crippen molar-refractivity contribution in [3.63, 3.8) is 0 Å². The standard InChI is InChI=1S/C14H20Cl2O2/c1-17-8-9-18-7-3-5-13(11-15)12-4-2-6-14(16)10-12/h2,4,6,10,13H,3,5,7-9,11H2,1H3. The molecule has 0 fully saturated rings. The van der Waals surface area contributed by atoms with Crippen LogP contribution >= 0.6 is 23.2 Å². The molecule has 0 N–H and O–H groups in total.